The number of rotatable bonds is 2. The second-order valence-corrected chi connectivity index (χ2v) is 4.98. The van der Waals surface area contributed by atoms with E-state index >= 15 is 0 Å². The van der Waals surface area contributed by atoms with Crippen LogP contribution >= 0.6 is 0 Å². The third-order valence-corrected chi connectivity index (χ3v) is 3.44. The van der Waals surface area contributed by atoms with Crippen molar-refractivity contribution in [1.82, 2.24) is 9.88 Å². The Bertz CT molecular complexity index is 454. The highest BCUT2D eigenvalue weighted by atomic mass is 19.2. The summed E-state index contributed by atoms with van der Waals surface area (Å²) in [5.41, 5.74) is -0.772. The molecule has 2 heterocycles. The summed E-state index contributed by atoms with van der Waals surface area (Å²) >= 11 is 0. The maximum atomic E-state index is 13.5. The van der Waals surface area contributed by atoms with E-state index in [4.69, 9.17) is 0 Å². The van der Waals surface area contributed by atoms with Gasteiger partial charge in [-0.3, -0.25) is 0 Å². The molecule has 1 aliphatic rings. The van der Waals surface area contributed by atoms with Crippen LogP contribution in [-0.4, -0.2) is 36.1 Å². The number of likely N-dealkylation sites (tertiary alicyclic amines) is 1. The molecule has 1 aromatic rings. The zero-order valence-electron chi connectivity index (χ0n) is 10.7. The third kappa shape index (κ3) is 2.80. The van der Waals surface area contributed by atoms with Crippen LogP contribution in [0, 0.1) is 29.4 Å². The fourth-order valence-corrected chi connectivity index (χ4v) is 2.37. The largest absolute Gasteiger partial charge is 0.377 e. The van der Waals surface area contributed by atoms with E-state index in [-0.39, 0.29) is 12.0 Å². The summed E-state index contributed by atoms with van der Waals surface area (Å²) in [4.78, 5) is 4.61. The lowest BCUT2D eigenvalue weighted by Crippen LogP contribution is -2.43. The molecule has 0 amide bonds. The summed E-state index contributed by atoms with van der Waals surface area (Å²) in [6, 6.07) is -0.235. The molecule has 19 heavy (non-hydrogen) atoms. The van der Waals surface area contributed by atoms with Crippen molar-refractivity contribution in [3.8, 4) is 0 Å². The van der Waals surface area contributed by atoms with Crippen molar-refractivity contribution in [2.24, 2.45) is 5.92 Å². The van der Waals surface area contributed by atoms with E-state index < -0.39 is 29.2 Å². The number of nitrogens with zero attached hydrogens (tertiary/aromatic N) is 2. The molecule has 7 heteroatoms. The minimum Gasteiger partial charge on any atom is -0.377 e. The van der Waals surface area contributed by atoms with Crippen LogP contribution in [0.4, 0.5) is 23.2 Å². The van der Waals surface area contributed by atoms with Crippen molar-refractivity contribution >= 4 is 5.69 Å². The first-order valence-electron chi connectivity index (χ1n) is 6.05. The Labute approximate surface area is 108 Å². The topological polar surface area (TPSA) is 28.2 Å². The van der Waals surface area contributed by atoms with Crippen LogP contribution in [0.25, 0.3) is 0 Å². The van der Waals surface area contributed by atoms with Crippen LogP contribution in [0.3, 0.4) is 0 Å². The Balaban J connectivity index is 2.24. The molecular weight excluding hydrogens is 262 g/mol. The summed E-state index contributed by atoms with van der Waals surface area (Å²) in [5.74, 6) is -6.13. The number of anilines is 1. The van der Waals surface area contributed by atoms with Gasteiger partial charge >= 0.3 is 0 Å². The van der Waals surface area contributed by atoms with Gasteiger partial charge in [-0.25, -0.2) is 0 Å². The highest BCUT2D eigenvalue weighted by Crippen LogP contribution is 2.26. The van der Waals surface area contributed by atoms with Gasteiger partial charge in [0.2, 0.25) is 11.6 Å². The molecule has 1 aromatic heterocycles. The van der Waals surface area contributed by atoms with Gasteiger partial charge < -0.3 is 10.2 Å². The van der Waals surface area contributed by atoms with Gasteiger partial charge in [-0.15, -0.1) is 0 Å². The van der Waals surface area contributed by atoms with Crippen LogP contribution in [-0.2, 0) is 0 Å². The van der Waals surface area contributed by atoms with Gasteiger partial charge in [0, 0.05) is 12.6 Å². The van der Waals surface area contributed by atoms with Crippen molar-refractivity contribution in [2.45, 2.75) is 19.4 Å². The predicted octanol–water partition coefficient (Wildman–Crippen LogP) is 2.39. The van der Waals surface area contributed by atoms with Crippen LogP contribution < -0.4 is 5.32 Å². The van der Waals surface area contributed by atoms with Gasteiger partial charge in [-0.1, -0.05) is 6.92 Å². The highest BCUT2D eigenvalue weighted by molar-refractivity contribution is 5.46. The number of halogens is 4. The van der Waals surface area contributed by atoms with Crippen molar-refractivity contribution in [3.05, 3.63) is 23.5 Å². The Kier molecular flexibility index (Phi) is 3.93. The molecule has 1 saturated heterocycles. The number of piperidine rings is 1. The van der Waals surface area contributed by atoms with E-state index in [1.54, 1.807) is 0 Å². The summed E-state index contributed by atoms with van der Waals surface area (Å²) < 4.78 is 53.0. The highest BCUT2D eigenvalue weighted by Gasteiger charge is 2.28. The molecule has 1 fully saturated rings. The molecule has 0 aromatic carbocycles. The summed E-state index contributed by atoms with van der Waals surface area (Å²) in [7, 11) is 1.94. The molecular formula is C12H15F4N3. The summed E-state index contributed by atoms with van der Waals surface area (Å²) in [6.07, 6.45) is 0.641. The second-order valence-electron chi connectivity index (χ2n) is 4.98. The average Bonchev–Trinajstić information content (AvgIpc) is 2.34. The Morgan fingerprint density at radius 1 is 1.16 bits per heavy atom. The van der Waals surface area contributed by atoms with Crippen molar-refractivity contribution in [2.75, 3.05) is 25.5 Å². The number of hydrogen-bond acceptors (Lipinski definition) is 3. The SMILES string of the molecule is CC1CN(C)CCC1Nc1c(F)c(F)nc(F)c1F. The Hall–Kier alpha value is -1.37. The number of aromatic nitrogens is 1. The van der Waals surface area contributed by atoms with Gasteiger partial charge in [0.25, 0.3) is 11.9 Å². The minimum atomic E-state index is -1.64. The lowest BCUT2D eigenvalue weighted by Gasteiger charge is -2.35. The lowest BCUT2D eigenvalue weighted by molar-refractivity contribution is 0.205. The van der Waals surface area contributed by atoms with Crippen LogP contribution in [0.2, 0.25) is 0 Å². The fraction of sp³-hybridized carbons (Fsp3) is 0.583. The Morgan fingerprint density at radius 2 is 1.74 bits per heavy atom. The smallest absolute Gasteiger partial charge is 0.253 e. The number of pyridine rings is 1. The maximum Gasteiger partial charge on any atom is 0.253 e. The van der Waals surface area contributed by atoms with Gasteiger partial charge in [0.05, 0.1) is 0 Å². The standard InChI is InChI=1S/C12H15F4N3/c1-6-5-19(2)4-3-7(6)17-10-8(13)11(15)18-12(16)9(10)14/h6-7H,3-5H2,1-2H3,(H,17,18). The molecule has 0 aliphatic carbocycles. The van der Waals surface area contributed by atoms with E-state index in [0.717, 1.165) is 13.1 Å². The van der Waals surface area contributed by atoms with Crippen molar-refractivity contribution < 1.29 is 17.6 Å². The molecule has 0 spiro atoms. The molecule has 1 aliphatic heterocycles. The van der Waals surface area contributed by atoms with Gasteiger partial charge in [-0.05, 0) is 25.9 Å². The quantitative estimate of drug-likeness (QED) is 0.664. The van der Waals surface area contributed by atoms with E-state index in [0.29, 0.717) is 6.42 Å². The Morgan fingerprint density at radius 3 is 2.26 bits per heavy atom. The van der Waals surface area contributed by atoms with E-state index in [2.05, 4.69) is 15.2 Å². The van der Waals surface area contributed by atoms with Crippen LogP contribution in [0.15, 0.2) is 0 Å². The first-order chi connectivity index (χ1) is 8.90. The fourth-order valence-electron chi connectivity index (χ4n) is 2.37. The van der Waals surface area contributed by atoms with E-state index in [1.807, 2.05) is 14.0 Å². The first-order valence-corrected chi connectivity index (χ1v) is 6.05. The van der Waals surface area contributed by atoms with Gasteiger partial charge in [0.1, 0.15) is 5.69 Å². The molecule has 0 radical (unpaired) electrons. The number of hydrogen-bond donors (Lipinski definition) is 1. The van der Waals surface area contributed by atoms with E-state index in [9.17, 15) is 17.6 Å². The van der Waals surface area contributed by atoms with Crippen molar-refractivity contribution in [1.29, 1.82) is 0 Å². The first kappa shape index (κ1) is 14.0. The minimum absolute atomic E-state index is 0.108. The molecule has 2 atom stereocenters. The molecule has 2 rings (SSSR count). The average molecular weight is 277 g/mol. The van der Waals surface area contributed by atoms with Gasteiger partial charge in [-0.2, -0.15) is 22.5 Å². The maximum absolute atomic E-state index is 13.5. The van der Waals surface area contributed by atoms with E-state index in [1.165, 1.54) is 0 Å². The summed E-state index contributed by atoms with van der Waals surface area (Å²) in [6.45, 7) is 3.41. The zero-order chi connectivity index (χ0) is 14.2. The lowest BCUT2D eigenvalue weighted by atomic mass is 9.94. The predicted molar refractivity (Wildman–Crippen MR) is 62.8 cm³/mol. The van der Waals surface area contributed by atoms with Crippen LogP contribution in [0.5, 0.6) is 0 Å². The number of nitrogens with one attached hydrogen (secondary N) is 1. The zero-order valence-corrected chi connectivity index (χ0v) is 10.7. The molecule has 106 valence electrons. The molecule has 1 N–H and O–H groups in total. The summed E-state index contributed by atoms with van der Waals surface area (Å²) in [5, 5.41) is 2.57. The second kappa shape index (κ2) is 5.32. The molecule has 2 unspecified atom stereocenters. The molecule has 0 saturated carbocycles. The third-order valence-electron chi connectivity index (χ3n) is 3.44. The molecule has 3 nitrogen and oxygen atoms in total. The normalized spacial score (nSPS) is 24.5. The van der Waals surface area contributed by atoms with Gasteiger partial charge in [0.15, 0.2) is 0 Å². The van der Waals surface area contributed by atoms with Crippen molar-refractivity contribution in [3.63, 3.8) is 0 Å². The van der Waals surface area contributed by atoms with Crippen LogP contribution in [0.1, 0.15) is 13.3 Å². The molecule has 0 bridgehead atoms. The monoisotopic (exact) mass is 277 g/mol.